The molecule has 1 fully saturated rings. The Morgan fingerprint density at radius 2 is 2.18 bits per heavy atom. The number of nitrogens with zero attached hydrogens (tertiary/aromatic N) is 1. The maximum Gasteiger partial charge on any atom is 0.329 e. The maximum absolute atomic E-state index is 12.1. The molecule has 2 N–H and O–H groups in total. The number of amides is 3. The first-order chi connectivity index (χ1) is 10.3. The lowest BCUT2D eigenvalue weighted by molar-refractivity contribution is -0.143. The number of carbonyl (C=O) groups is 3. The average Bonchev–Trinajstić information content (AvgIpc) is 2.71. The van der Waals surface area contributed by atoms with Crippen LogP contribution in [-0.2, 0) is 14.3 Å². The summed E-state index contributed by atoms with van der Waals surface area (Å²) in [7, 11) is 1.17. The van der Waals surface area contributed by atoms with Gasteiger partial charge in [-0.25, -0.2) is 9.69 Å². The summed E-state index contributed by atoms with van der Waals surface area (Å²) < 4.78 is 5.73. The second kappa shape index (κ2) is 6.65. The summed E-state index contributed by atoms with van der Waals surface area (Å²) in [5.41, 5.74) is 0.334. The minimum Gasteiger partial charge on any atom is -0.506 e. The molecular weight excluding hydrogens is 471 g/mol. The monoisotopic (exact) mass is 480 g/mol. The van der Waals surface area contributed by atoms with Crippen molar-refractivity contribution < 1.29 is 24.2 Å². The first-order valence-corrected chi connectivity index (χ1v) is 7.80. The van der Waals surface area contributed by atoms with Crippen molar-refractivity contribution in [3.8, 4) is 5.75 Å². The number of esters is 1. The third-order valence-corrected chi connectivity index (χ3v) is 4.11. The smallest absolute Gasteiger partial charge is 0.329 e. The van der Waals surface area contributed by atoms with E-state index in [1.165, 1.54) is 13.2 Å². The Hall–Kier alpha value is -1.62. The Bertz CT molecular complexity index is 704. The lowest BCUT2D eigenvalue weighted by atomic mass is 10.1. The molecular formula is C13H10BrIN2O5. The van der Waals surface area contributed by atoms with Gasteiger partial charge in [0.25, 0.3) is 5.91 Å². The van der Waals surface area contributed by atoms with Crippen LogP contribution in [0.2, 0.25) is 0 Å². The lowest BCUT2D eigenvalue weighted by Gasteiger charge is -2.09. The number of aromatic hydroxyl groups is 1. The molecule has 0 aromatic heterocycles. The van der Waals surface area contributed by atoms with Gasteiger partial charge in [-0.15, -0.1) is 0 Å². The van der Waals surface area contributed by atoms with E-state index in [0.717, 1.165) is 4.90 Å². The van der Waals surface area contributed by atoms with Crippen molar-refractivity contribution in [3.05, 3.63) is 31.4 Å². The number of nitrogens with one attached hydrogen (secondary N) is 1. The van der Waals surface area contributed by atoms with Gasteiger partial charge in [0.15, 0.2) is 0 Å². The van der Waals surface area contributed by atoms with Crippen molar-refractivity contribution in [2.75, 3.05) is 13.7 Å². The van der Waals surface area contributed by atoms with E-state index in [4.69, 9.17) is 0 Å². The normalized spacial score (nSPS) is 16.1. The second-order valence-corrected chi connectivity index (χ2v) is 6.36. The number of methoxy groups -OCH3 is 1. The number of benzene rings is 1. The number of urea groups is 1. The number of phenols is 1. The van der Waals surface area contributed by atoms with Crippen LogP contribution in [0.5, 0.6) is 5.75 Å². The van der Waals surface area contributed by atoms with Crippen molar-refractivity contribution in [3.63, 3.8) is 0 Å². The number of rotatable bonds is 3. The Morgan fingerprint density at radius 1 is 1.50 bits per heavy atom. The van der Waals surface area contributed by atoms with Crippen LogP contribution in [0.15, 0.2) is 22.3 Å². The van der Waals surface area contributed by atoms with Gasteiger partial charge in [0, 0.05) is 10.0 Å². The fourth-order valence-electron chi connectivity index (χ4n) is 1.76. The van der Waals surface area contributed by atoms with E-state index in [2.05, 4.69) is 26.0 Å². The van der Waals surface area contributed by atoms with Crippen molar-refractivity contribution >= 4 is 62.5 Å². The zero-order valence-electron chi connectivity index (χ0n) is 11.2. The number of carbonyl (C=O) groups excluding carboxylic acids is 3. The van der Waals surface area contributed by atoms with Gasteiger partial charge >= 0.3 is 12.0 Å². The summed E-state index contributed by atoms with van der Waals surface area (Å²) in [5.74, 6) is -1.38. The molecule has 3 amide bonds. The Kier molecular flexibility index (Phi) is 5.06. The van der Waals surface area contributed by atoms with Gasteiger partial charge in [-0.1, -0.05) is 15.9 Å². The number of hydrogen-bond donors (Lipinski definition) is 2. The maximum atomic E-state index is 12.1. The molecule has 1 saturated heterocycles. The quantitative estimate of drug-likeness (QED) is 0.298. The van der Waals surface area contributed by atoms with Gasteiger partial charge in [-0.3, -0.25) is 9.59 Å². The van der Waals surface area contributed by atoms with Gasteiger partial charge in [-0.2, -0.15) is 0 Å². The number of ether oxygens (including phenoxy) is 1. The summed E-state index contributed by atoms with van der Waals surface area (Å²) in [6.07, 6.45) is 1.35. The van der Waals surface area contributed by atoms with E-state index in [1.54, 1.807) is 12.1 Å². The molecule has 0 spiro atoms. The predicted octanol–water partition coefficient (Wildman–Crippen LogP) is 1.82. The van der Waals surface area contributed by atoms with Crippen LogP contribution < -0.4 is 5.32 Å². The average molecular weight is 481 g/mol. The fraction of sp³-hybridized carbons (Fsp3) is 0.154. The molecule has 2 rings (SSSR count). The molecule has 7 nitrogen and oxygen atoms in total. The number of hydrogen-bond acceptors (Lipinski definition) is 5. The first kappa shape index (κ1) is 16.7. The van der Waals surface area contributed by atoms with E-state index in [-0.39, 0.29) is 11.4 Å². The molecule has 0 aliphatic carbocycles. The SMILES string of the molecule is COC(=O)CN1C(=O)N/C(=C\c2cc(Br)cc(I)c2O)C1=O. The number of halogens is 2. The second-order valence-electron chi connectivity index (χ2n) is 4.28. The molecule has 0 atom stereocenters. The summed E-state index contributed by atoms with van der Waals surface area (Å²) in [5, 5.41) is 12.4. The molecule has 1 aromatic carbocycles. The highest BCUT2D eigenvalue weighted by Gasteiger charge is 2.35. The Morgan fingerprint density at radius 3 is 2.82 bits per heavy atom. The van der Waals surface area contributed by atoms with Gasteiger partial charge in [0.1, 0.15) is 18.0 Å². The van der Waals surface area contributed by atoms with Crippen LogP contribution in [0.25, 0.3) is 6.08 Å². The standard InChI is InChI=1S/C13H10BrIN2O5/c1-22-10(18)5-17-12(20)9(16-13(17)21)3-6-2-7(14)4-8(15)11(6)19/h2-4,19H,5H2,1H3,(H,16,21)/b9-3-. The summed E-state index contributed by atoms with van der Waals surface area (Å²) >= 11 is 5.23. The minimum atomic E-state index is -0.717. The lowest BCUT2D eigenvalue weighted by Crippen LogP contribution is -2.36. The Balaban J connectivity index is 2.33. The van der Waals surface area contributed by atoms with E-state index >= 15 is 0 Å². The van der Waals surface area contributed by atoms with Gasteiger partial charge in [-0.05, 0) is 40.8 Å². The molecule has 1 aliphatic rings. The summed E-state index contributed by atoms with van der Waals surface area (Å²) in [6, 6.07) is 2.59. The van der Waals surface area contributed by atoms with Crippen molar-refractivity contribution in [1.29, 1.82) is 0 Å². The molecule has 1 heterocycles. The highest BCUT2D eigenvalue weighted by Crippen LogP contribution is 2.30. The summed E-state index contributed by atoms with van der Waals surface area (Å²) in [4.78, 5) is 35.8. The molecule has 0 bridgehead atoms. The first-order valence-electron chi connectivity index (χ1n) is 5.93. The molecule has 0 unspecified atom stereocenters. The Labute approximate surface area is 147 Å². The number of imide groups is 1. The largest absolute Gasteiger partial charge is 0.506 e. The van der Waals surface area contributed by atoms with Crippen LogP contribution in [-0.4, -0.2) is 41.6 Å². The van der Waals surface area contributed by atoms with Crippen LogP contribution in [0.4, 0.5) is 4.79 Å². The van der Waals surface area contributed by atoms with Crippen LogP contribution in [0.1, 0.15) is 5.56 Å². The highest BCUT2D eigenvalue weighted by molar-refractivity contribution is 14.1. The van der Waals surface area contributed by atoms with Crippen molar-refractivity contribution in [2.45, 2.75) is 0 Å². The van der Waals surface area contributed by atoms with E-state index in [1.807, 2.05) is 22.6 Å². The zero-order valence-corrected chi connectivity index (χ0v) is 15.0. The minimum absolute atomic E-state index is 0.00948. The van der Waals surface area contributed by atoms with Crippen molar-refractivity contribution in [1.82, 2.24) is 10.2 Å². The van der Waals surface area contributed by atoms with Gasteiger partial charge in [0.2, 0.25) is 0 Å². The molecule has 1 aromatic rings. The molecule has 0 radical (unpaired) electrons. The topological polar surface area (TPSA) is 95.9 Å². The summed E-state index contributed by atoms with van der Waals surface area (Å²) in [6.45, 7) is -0.472. The molecule has 1 aliphatic heterocycles. The van der Waals surface area contributed by atoms with Crippen LogP contribution >= 0.6 is 38.5 Å². The highest BCUT2D eigenvalue weighted by atomic mass is 127. The van der Waals surface area contributed by atoms with E-state index < -0.39 is 24.5 Å². The number of phenolic OH excluding ortho intramolecular Hbond substituents is 1. The third-order valence-electron chi connectivity index (χ3n) is 2.83. The zero-order chi connectivity index (χ0) is 16.4. The molecule has 9 heteroatoms. The van der Waals surface area contributed by atoms with Crippen LogP contribution in [0.3, 0.4) is 0 Å². The van der Waals surface area contributed by atoms with Gasteiger partial charge in [0.05, 0.1) is 10.7 Å². The predicted molar refractivity (Wildman–Crippen MR) is 88.8 cm³/mol. The van der Waals surface area contributed by atoms with E-state index in [9.17, 15) is 19.5 Å². The third kappa shape index (κ3) is 3.40. The molecule has 0 saturated carbocycles. The molecule has 116 valence electrons. The van der Waals surface area contributed by atoms with Crippen LogP contribution in [0, 0.1) is 3.57 Å². The molecule has 22 heavy (non-hydrogen) atoms. The fourth-order valence-corrected chi connectivity index (χ4v) is 3.31. The van der Waals surface area contributed by atoms with Crippen molar-refractivity contribution in [2.24, 2.45) is 0 Å². The van der Waals surface area contributed by atoms with Gasteiger partial charge < -0.3 is 15.2 Å². The van der Waals surface area contributed by atoms with E-state index in [0.29, 0.717) is 13.6 Å².